The first kappa shape index (κ1) is 47.1. The van der Waals surface area contributed by atoms with E-state index >= 15 is 9.59 Å². The molecule has 1 heterocycles. The van der Waals surface area contributed by atoms with Crippen LogP contribution in [0, 0.1) is 16.7 Å². The molecule has 16 heteroatoms. The van der Waals surface area contributed by atoms with Gasteiger partial charge in [0.05, 0.1) is 40.6 Å². The summed E-state index contributed by atoms with van der Waals surface area (Å²) in [7, 11) is 0. The van der Waals surface area contributed by atoms with Crippen LogP contribution in [0.3, 0.4) is 0 Å². The van der Waals surface area contributed by atoms with E-state index in [2.05, 4.69) is 5.32 Å². The summed E-state index contributed by atoms with van der Waals surface area (Å²) < 4.78 is 37.1. The van der Waals surface area contributed by atoms with Crippen molar-refractivity contribution in [2.24, 2.45) is 16.7 Å². The Morgan fingerprint density at radius 3 is 1.83 bits per heavy atom. The number of fused-ring (bicyclic) bond motifs is 5. The summed E-state index contributed by atoms with van der Waals surface area (Å²) in [6, 6.07) is 30.7. The first-order valence-electron chi connectivity index (χ1n) is 22.7. The Morgan fingerprint density at radius 2 is 1.29 bits per heavy atom. The highest BCUT2D eigenvalue weighted by molar-refractivity contribution is 5.99. The third kappa shape index (κ3) is 7.09. The van der Waals surface area contributed by atoms with Gasteiger partial charge in [0.25, 0.3) is 5.91 Å². The van der Waals surface area contributed by atoms with E-state index in [0.29, 0.717) is 5.56 Å². The molecule has 4 aliphatic carbocycles. The number of ketones is 1. The third-order valence-electron chi connectivity index (χ3n) is 15.2. The van der Waals surface area contributed by atoms with Crippen molar-refractivity contribution < 1.29 is 72.2 Å². The Balaban J connectivity index is 1.21. The molecule has 0 unspecified atom stereocenters. The van der Waals surface area contributed by atoms with Crippen molar-refractivity contribution in [3.63, 3.8) is 0 Å². The monoisotopic (exact) mass is 941 g/mol. The Hall–Kier alpha value is -7.01. The maximum absolute atomic E-state index is 15.6. The minimum absolute atomic E-state index is 0.0497. The number of carbonyl (C=O) groups excluding carboxylic acids is 7. The lowest BCUT2D eigenvalue weighted by Gasteiger charge is -2.63. The highest BCUT2D eigenvalue weighted by atomic mass is 16.6. The number of aliphatic hydroxyl groups excluding tert-OH is 1. The molecule has 4 aromatic rings. The quantitative estimate of drug-likeness (QED) is 0.0969. The lowest BCUT2D eigenvalue weighted by atomic mass is 9.51. The Kier molecular flexibility index (Phi) is 11.7. The fraction of sp³-hybridized carbons (Fsp3) is 0.377. The van der Waals surface area contributed by atoms with Crippen molar-refractivity contribution in [3.05, 3.63) is 155 Å². The zero-order valence-corrected chi connectivity index (χ0v) is 38.4. The van der Waals surface area contributed by atoms with E-state index < -0.39 is 118 Å². The van der Waals surface area contributed by atoms with Crippen molar-refractivity contribution in [2.45, 2.75) is 101 Å². The molecule has 16 nitrogen and oxygen atoms in total. The largest absolute Gasteiger partial charge is 0.455 e. The molecule has 1 aliphatic heterocycles. The van der Waals surface area contributed by atoms with Crippen LogP contribution in [-0.2, 0) is 47.6 Å². The number of amides is 1. The van der Waals surface area contributed by atoms with Crippen LogP contribution in [0.5, 0.6) is 0 Å². The Labute approximate surface area is 396 Å². The van der Waals surface area contributed by atoms with Gasteiger partial charge in [0.2, 0.25) is 6.10 Å². The average Bonchev–Trinajstić information content (AvgIpc) is 3.77. The van der Waals surface area contributed by atoms with Crippen molar-refractivity contribution in [3.8, 4) is 0 Å². The third-order valence-corrected chi connectivity index (χ3v) is 15.2. The van der Waals surface area contributed by atoms with Crippen LogP contribution in [0.15, 0.2) is 132 Å². The molecule has 0 bridgehead atoms. The number of Topliss-reactive ketones (excluding diaryl/α,β-unsaturated/α-hetero) is 1. The van der Waals surface area contributed by atoms with E-state index in [0.717, 1.165) is 13.8 Å². The number of rotatable bonds is 12. The second-order valence-electron chi connectivity index (χ2n) is 18.8. The van der Waals surface area contributed by atoms with Gasteiger partial charge in [-0.3, -0.25) is 19.2 Å². The van der Waals surface area contributed by atoms with E-state index in [4.69, 9.17) is 28.4 Å². The number of hydrogen-bond acceptors (Lipinski definition) is 15. The van der Waals surface area contributed by atoms with Crippen LogP contribution in [0.2, 0.25) is 0 Å². The molecule has 5 aliphatic rings. The second-order valence-corrected chi connectivity index (χ2v) is 18.8. The molecule has 1 saturated heterocycles. The molecule has 4 fully saturated rings. The van der Waals surface area contributed by atoms with E-state index in [-0.39, 0.29) is 40.9 Å². The molecule has 3 saturated carbocycles. The minimum atomic E-state index is -2.35. The molecule has 1 amide bonds. The molecular formula is C53H51NO15. The van der Waals surface area contributed by atoms with Crippen LogP contribution < -0.4 is 5.32 Å². The van der Waals surface area contributed by atoms with Crippen molar-refractivity contribution in [1.82, 2.24) is 5.32 Å². The maximum atomic E-state index is 15.6. The standard InChI is InChI=1S/C53H51NO15/c1-29-36(66-47(62)42(67-45(60)34-22-14-8-15-23-34)40(32-18-10-6-11-19-32)54-44(59)33-20-12-7-13-21-33)27-52(63)50(5)39(29)41(65-30(2)55)43(58)49(4)37(57)26-38-51(28-64-38,68-31(3)56)48(49)53(50,52)69-46(61)35-24-16-9-17-25-35/h6-25,36-38,40-42,48,57,63H,26-28H2,1-5H3,(H,54,59)/t36-,37-,38+,40-,41+,42+,48-,49-,50-,51-,52-,53-/m0/s1. The first-order valence-corrected chi connectivity index (χ1v) is 22.7. The highest BCUT2D eigenvalue weighted by Crippen LogP contribution is 2.84. The van der Waals surface area contributed by atoms with Gasteiger partial charge in [0, 0.05) is 32.3 Å². The van der Waals surface area contributed by atoms with Gasteiger partial charge >= 0.3 is 29.8 Å². The number of ether oxygens (including phenoxy) is 6. The number of nitrogens with one attached hydrogen (secondary N) is 1. The minimum Gasteiger partial charge on any atom is -0.455 e. The topological polar surface area (TPSA) is 227 Å². The van der Waals surface area contributed by atoms with Crippen molar-refractivity contribution in [1.29, 1.82) is 0 Å². The van der Waals surface area contributed by atoms with Gasteiger partial charge in [0.15, 0.2) is 23.1 Å². The van der Waals surface area contributed by atoms with Crippen LogP contribution >= 0.6 is 0 Å². The van der Waals surface area contributed by atoms with Gasteiger partial charge in [-0.2, -0.15) is 0 Å². The molecule has 12 atom stereocenters. The van der Waals surface area contributed by atoms with Crippen LogP contribution in [0.25, 0.3) is 0 Å². The summed E-state index contributed by atoms with van der Waals surface area (Å²) in [4.78, 5) is 99.6. The van der Waals surface area contributed by atoms with Crippen molar-refractivity contribution >= 4 is 41.5 Å². The number of aliphatic hydroxyl groups is 2. The molecule has 9 rings (SSSR count). The highest BCUT2D eigenvalue weighted by Gasteiger charge is 2.99. The SMILES string of the molecule is CC(=O)O[C@H]1C(=O)[C@@]2(C)[C@@H]([C@]3(OC(C)=O)CO[C@@H]3C[C@@H]2O)[C@@]2(OC(=O)c3ccccc3)[C@]3(O)C[C@H](OC(=O)[C@H](OC(=O)c4ccccc4)[C@@H](NC(=O)c4ccccc4)c4ccccc4)C(C)=C1[C@@]32C. The van der Waals surface area contributed by atoms with E-state index in [1.165, 1.54) is 45.0 Å². The van der Waals surface area contributed by atoms with Gasteiger partial charge < -0.3 is 44.0 Å². The molecular weight excluding hydrogens is 891 g/mol. The molecule has 0 radical (unpaired) electrons. The van der Waals surface area contributed by atoms with Gasteiger partial charge in [-0.05, 0) is 73.9 Å². The predicted octanol–water partition coefficient (Wildman–Crippen LogP) is 4.96. The fourth-order valence-electron chi connectivity index (χ4n) is 12.0. The average molecular weight is 942 g/mol. The number of carbonyl (C=O) groups is 7. The van der Waals surface area contributed by atoms with Crippen LogP contribution in [-0.4, -0.2) is 106 Å². The van der Waals surface area contributed by atoms with E-state index in [1.54, 1.807) is 97.1 Å². The Bertz CT molecular complexity index is 2770. The van der Waals surface area contributed by atoms with Gasteiger partial charge in [0.1, 0.15) is 23.9 Å². The summed E-state index contributed by atoms with van der Waals surface area (Å²) in [5, 5.41) is 28.7. The summed E-state index contributed by atoms with van der Waals surface area (Å²) in [5.41, 5.74) is -9.68. The number of hydrogen-bond donors (Lipinski definition) is 3. The Morgan fingerprint density at radius 1 is 0.739 bits per heavy atom. The lowest BCUT2D eigenvalue weighted by molar-refractivity contribution is -0.337. The smallest absolute Gasteiger partial charge is 0.350 e. The van der Waals surface area contributed by atoms with E-state index in [1.807, 2.05) is 0 Å². The maximum Gasteiger partial charge on any atom is 0.350 e. The second kappa shape index (κ2) is 17.2. The molecule has 358 valence electrons. The zero-order valence-electron chi connectivity index (χ0n) is 38.4. The molecule has 69 heavy (non-hydrogen) atoms. The van der Waals surface area contributed by atoms with Gasteiger partial charge in [-0.15, -0.1) is 0 Å². The summed E-state index contributed by atoms with van der Waals surface area (Å²) >= 11 is 0. The number of benzene rings is 4. The molecule has 3 N–H and O–H groups in total. The van der Waals surface area contributed by atoms with Gasteiger partial charge in [-0.25, -0.2) is 14.4 Å². The lowest BCUT2D eigenvalue weighted by Crippen LogP contribution is -2.78. The first-order chi connectivity index (χ1) is 32.9. The summed E-state index contributed by atoms with van der Waals surface area (Å²) in [6.45, 7) is 6.35. The predicted molar refractivity (Wildman–Crippen MR) is 241 cm³/mol. The zero-order chi connectivity index (χ0) is 49.3. The molecule has 4 aromatic carbocycles. The molecule has 0 aromatic heterocycles. The van der Waals surface area contributed by atoms with Crippen molar-refractivity contribution in [2.75, 3.05) is 6.61 Å². The van der Waals surface area contributed by atoms with Gasteiger partial charge in [-0.1, -0.05) is 84.9 Å². The number of esters is 5. The normalized spacial score (nSPS) is 32.4. The summed E-state index contributed by atoms with van der Waals surface area (Å²) in [5.74, 6) is -7.86. The fourth-order valence-corrected chi connectivity index (χ4v) is 12.0. The summed E-state index contributed by atoms with van der Waals surface area (Å²) in [6.07, 6.45) is -8.74. The van der Waals surface area contributed by atoms with E-state index in [9.17, 15) is 34.2 Å². The van der Waals surface area contributed by atoms with Crippen LogP contribution in [0.1, 0.15) is 90.1 Å². The van der Waals surface area contributed by atoms with Crippen LogP contribution in [0.4, 0.5) is 0 Å². The molecule has 0 spiro atoms.